The summed E-state index contributed by atoms with van der Waals surface area (Å²) in [5.41, 5.74) is 6.40. The molecule has 1 atom stereocenters. The van der Waals surface area contributed by atoms with Crippen molar-refractivity contribution < 1.29 is 9.18 Å². The Balaban J connectivity index is 2.59. The van der Waals surface area contributed by atoms with Crippen LogP contribution in [0.15, 0.2) is 18.2 Å². The standard InChI is InChI=1S/C15H24FN3O/c1-4-11(3)9-19(5-2)10-15(20)18-14-8-12(16)6-7-13(14)17/h6-8,11H,4-5,9-10,17H2,1-3H3,(H,18,20). The van der Waals surface area contributed by atoms with Gasteiger partial charge in [0.1, 0.15) is 5.82 Å². The third kappa shape index (κ3) is 5.17. The first-order valence-corrected chi connectivity index (χ1v) is 7.03. The molecule has 5 heteroatoms. The van der Waals surface area contributed by atoms with Gasteiger partial charge in [-0.3, -0.25) is 9.69 Å². The van der Waals surface area contributed by atoms with Crippen LogP contribution in [0.5, 0.6) is 0 Å². The number of amides is 1. The minimum absolute atomic E-state index is 0.174. The molecule has 1 aromatic rings. The molecule has 1 unspecified atom stereocenters. The summed E-state index contributed by atoms with van der Waals surface area (Å²) < 4.78 is 13.1. The monoisotopic (exact) mass is 281 g/mol. The summed E-state index contributed by atoms with van der Waals surface area (Å²) in [5, 5.41) is 2.66. The molecule has 20 heavy (non-hydrogen) atoms. The molecular weight excluding hydrogens is 257 g/mol. The molecule has 0 bridgehead atoms. The predicted molar refractivity (Wildman–Crippen MR) is 81.0 cm³/mol. The van der Waals surface area contributed by atoms with Crippen molar-refractivity contribution in [3.05, 3.63) is 24.0 Å². The smallest absolute Gasteiger partial charge is 0.238 e. The van der Waals surface area contributed by atoms with Gasteiger partial charge in [-0.25, -0.2) is 4.39 Å². The van der Waals surface area contributed by atoms with Crippen LogP contribution in [0.3, 0.4) is 0 Å². The van der Waals surface area contributed by atoms with E-state index in [0.717, 1.165) is 19.5 Å². The average Bonchev–Trinajstić information content (AvgIpc) is 2.41. The molecule has 0 fully saturated rings. The van der Waals surface area contributed by atoms with Crippen molar-refractivity contribution in [2.45, 2.75) is 27.2 Å². The number of hydrogen-bond donors (Lipinski definition) is 2. The van der Waals surface area contributed by atoms with Gasteiger partial charge in [-0.2, -0.15) is 0 Å². The van der Waals surface area contributed by atoms with Gasteiger partial charge in [0.15, 0.2) is 0 Å². The van der Waals surface area contributed by atoms with Crippen molar-refractivity contribution in [3.8, 4) is 0 Å². The van der Waals surface area contributed by atoms with Crippen molar-refractivity contribution in [1.29, 1.82) is 0 Å². The van der Waals surface area contributed by atoms with Crippen LogP contribution in [-0.2, 0) is 4.79 Å². The van der Waals surface area contributed by atoms with Gasteiger partial charge in [-0.15, -0.1) is 0 Å². The Labute approximate surface area is 120 Å². The molecule has 3 N–H and O–H groups in total. The van der Waals surface area contributed by atoms with Crippen molar-refractivity contribution in [2.75, 3.05) is 30.7 Å². The van der Waals surface area contributed by atoms with Gasteiger partial charge in [0.05, 0.1) is 17.9 Å². The molecule has 0 heterocycles. The third-order valence-electron chi connectivity index (χ3n) is 3.37. The maximum atomic E-state index is 13.1. The minimum Gasteiger partial charge on any atom is -0.397 e. The molecule has 0 aliphatic heterocycles. The highest BCUT2D eigenvalue weighted by molar-refractivity contribution is 5.95. The number of nitrogen functional groups attached to an aromatic ring is 1. The van der Waals surface area contributed by atoms with E-state index in [2.05, 4.69) is 24.1 Å². The Morgan fingerprint density at radius 3 is 2.75 bits per heavy atom. The van der Waals surface area contributed by atoms with Crippen LogP contribution in [0.2, 0.25) is 0 Å². The Bertz CT molecular complexity index is 451. The van der Waals surface area contributed by atoms with E-state index in [1.165, 1.54) is 18.2 Å². The second kappa shape index (κ2) is 7.85. The molecule has 112 valence electrons. The third-order valence-corrected chi connectivity index (χ3v) is 3.37. The van der Waals surface area contributed by atoms with E-state index in [0.29, 0.717) is 17.3 Å². The molecular formula is C15H24FN3O. The molecule has 1 aromatic carbocycles. The summed E-state index contributed by atoms with van der Waals surface area (Å²) in [4.78, 5) is 14.1. The molecule has 1 rings (SSSR count). The van der Waals surface area contributed by atoms with E-state index >= 15 is 0 Å². The highest BCUT2D eigenvalue weighted by Crippen LogP contribution is 2.19. The van der Waals surface area contributed by atoms with Crippen molar-refractivity contribution in [2.24, 2.45) is 5.92 Å². The zero-order chi connectivity index (χ0) is 15.1. The summed E-state index contributed by atoms with van der Waals surface area (Å²) in [5.74, 6) is -0.0455. The van der Waals surface area contributed by atoms with E-state index in [1.807, 2.05) is 6.92 Å². The van der Waals surface area contributed by atoms with Crippen LogP contribution in [0.25, 0.3) is 0 Å². The van der Waals surface area contributed by atoms with E-state index in [1.54, 1.807) is 0 Å². The van der Waals surface area contributed by atoms with Gasteiger partial charge in [-0.1, -0.05) is 27.2 Å². The molecule has 0 spiro atoms. The number of likely N-dealkylation sites (N-methyl/N-ethyl adjacent to an activating group) is 1. The Kier molecular flexibility index (Phi) is 6.45. The van der Waals surface area contributed by atoms with Crippen LogP contribution in [0.1, 0.15) is 27.2 Å². The molecule has 0 aromatic heterocycles. The first-order valence-electron chi connectivity index (χ1n) is 7.03. The topological polar surface area (TPSA) is 58.4 Å². The summed E-state index contributed by atoms with van der Waals surface area (Å²) in [6, 6.07) is 3.95. The van der Waals surface area contributed by atoms with Crippen LogP contribution in [0.4, 0.5) is 15.8 Å². The minimum atomic E-state index is -0.415. The SMILES string of the molecule is CCC(C)CN(CC)CC(=O)Nc1cc(F)ccc1N. The van der Waals surface area contributed by atoms with E-state index < -0.39 is 5.82 Å². The van der Waals surface area contributed by atoms with E-state index in [9.17, 15) is 9.18 Å². The fourth-order valence-electron chi connectivity index (χ4n) is 1.90. The average molecular weight is 281 g/mol. The number of carbonyl (C=O) groups is 1. The van der Waals surface area contributed by atoms with Crippen molar-refractivity contribution >= 4 is 17.3 Å². The number of rotatable bonds is 7. The summed E-state index contributed by atoms with van der Waals surface area (Å²) >= 11 is 0. The number of halogens is 1. The second-order valence-corrected chi connectivity index (χ2v) is 5.12. The number of carbonyl (C=O) groups excluding carboxylic acids is 1. The normalized spacial score (nSPS) is 12.4. The number of nitrogens with one attached hydrogen (secondary N) is 1. The van der Waals surface area contributed by atoms with Crippen LogP contribution in [-0.4, -0.2) is 30.4 Å². The summed E-state index contributed by atoms with van der Waals surface area (Å²) in [7, 11) is 0. The second-order valence-electron chi connectivity index (χ2n) is 5.12. The maximum absolute atomic E-state index is 13.1. The number of hydrogen-bond acceptors (Lipinski definition) is 3. The Hall–Kier alpha value is -1.62. The van der Waals surface area contributed by atoms with E-state index in [4.69, 9.17) is 5.73 Å². The maximum Gasteiger partial charge on any atom is 0.238 e. The van der Waals surface area contributed by atoms with Gasteiger partial charge < -0.3 is 11.1 Å². The quantitative estimate of drug-likeness (QED) is 0.756. The number of anilines is 2. The molecule has 0 saturated heterocycles. The van der Waals surface area contributed by atoms with Gasteiger partial charge in [0.25, 0.3) is 0 Å². The highest BCUT2D eigenvalue weighted by Gasteiger charge is 2.13. The van der Waals surface area contributed by atoms with Gasteiger partial charge in [-0.05, 0) is 30.7 Å². The Morgan fingerprint density at radius 1 is 1.45 bits per heavy atom. The zero-order valence-electron chi connectivity index (χ0n) is 12.4. The number of nitrogens with two attached hydrogens (primary N) is 1. The first-order chi connectivity index (χ1) is 9.46. The lowest BCUT2D eigenvalue weighted by molar-refractivity contribution is -0.117. The lowest BCUT2D eigenvalue weighted by Gasteiger charge is -2.23. The summed E-state index contributed by atoms with van der Waals surface area (Å²) in [6.07, 6.45) is 1.08. The fourth-order valence-corrected chi connectivity index (χ4v) is 1.90. The largest absolute Gasteiger partial charge is 0.397 e. The molecule has 0 aliphatic rings. The van der Waals surface area contributed by atoms with Gasteiger partial charge in [0, 0.05) is 6.54 Å². The molecule has 0 aliphatic carbocycles. The molecule has 0 radical (unpaired) electrons. The molecule has 4 nitrogen and oxygen atoms in total. The van der Waals surface area contributed by atoms with Gasteiger partial charge >= 0.3 is 0 Å². The summed E-state index contributed by atoms with van der Waals surface area (Å²) in [6.45, 7) is 8.27. The number of benzene rings is 1. The first kappa shape index (κ1) is 16.4. The molecule has 0 saturated carbocycles. The van der Waals surface area contributed by atoms with Crippen molar-refractivity contribution in [3.63, 3.8) is 0 Å². The van der Waals surface area contributed by atoms with Crippen LogP contribution < -0.4 is 11.1 Å². The molecule has 1 amide bonds. The fraction of sp³-hybridized carbons (Fsp3) is 0.533. The lowest BCUT2D eigenvalue weighted by atomic mass is 10.1. The van der Waals surface area contributed by atoms with E-state index in [-0.39, 0.29) is 12.5 Å². The van der Waals surface area contributed by atoms with Crippen molar-refractivity contribution in [1.82, 2.24) is 4.90 Å². The number of nitrogens with zero attached hydrogens (tertiary/aromatic N) is 1. The van der Waals surface area contributed by atoms with Crippen LogP contribution in [0, 0.1) is 11.7 Å². The van der Waals surface area contributed by atoms with Crippen LogP contribution >= 0.6 is 0 Å². The lowest BCUT2D eigenvalue weighted by Crippen LogP contribution is -2.36. The Morgan fingerprint density at radius 2 is 2.15 bits per heavy atom. The highest BCUT2D eigenvalue weighted by atomic mass is 19.1. The predicted octanol–water partition coefficient (Wildman–Crippen LogP) is 2.71. The van der Waals surface area contributed by atoms with Gasteiger partial charge in [0.2, 0.25) is 5.91 Å². The zero-order valence-corrected chi connectivity index (χ0v) is 12.4.